The molecule has 2 heterocycles. The van der Waals surface area contributed by atoms with Crippen molar-refractivity contribution in [2.45, 2.75) is 20.0 Å². The van der Waals surface area contributed by atoms with E-state index >= 15 is 0 Å². The number of amides is 1. The van der Waals surface area contributed by atoms with Crippen LogP contribution in [0.25, 0.3) is 10.2 Å². The number of hydrogen-bond donors (Lipinski definition) is 2. The van der Waals surface area contributed by atoms with Gasteiger partial charge in [-0.1, -0.05) is 6.07 Å². The zero-order chi connectivity index (χ0) is 15.1. The lowest BCUT2D eigenvalue weighted by Gasteiger charge is -2.07. The number of nitrogens with one attached hydrogen (secondary N) is 2. The van der Waals surface area contributed by atoms with Crippen molar-refractivity contribution in [3.05, 3.63) is 58.1 Å². The van der Waals surface area contributed by atoms with Gasteiger partial charge in [-0.15, -0.1) is 11.3 Å². The number of aryl methyl sites for hydroxylation is 1. The second kappa shape index (κ2) is 5.19. The van der Waals surface area contributed by atoms with Gasteiger partial charge in [-0.25, -0.2) is 4.98 Å². The summed E-state index contributed by atoms with van der Waals surface area (Å²) < 4.78 is 1.04. The number of nitrogens with zero attached hydrogens (tertiary/aromatic N) is 1. The number of carbonyl (C=O) groups is 1. The van der Waals surface area contributed by atoms with Crippen molar-refractivity contribution >= 4 is 33.1 Å². The van der Waals surface area contributed by atoms with Gasteiger partial charge in [-0.05, 0) is 48.4 Å². The smallest absolute Gasteiger partial charge is 0.255 e. The molecule has 2 aromatic carbocycles. The van der Waals surface area contributed by atoms with Crippen molar-refractivity contribution < 1.29 is 4.79 Å². The number of carbonyl (C=O) groups excluding carboxylic acids is 1. The Labute approximate surface area is 132 Å². The van der Waals surface area contributed by atoms with E-state index in [0.717, 1.165) is 34.0 Å². The first-order valence-corrected chi connectivity index (χ1v) is 8.02. The summed E-state index contributed by atoms with van der Waals surface area (Å²) in [4.78, 5) is 16.8. The molecule has 3 aromatic rings. The van der Waals surface area contributed by atoms with Crippen molar-refractivity contribution in [2.24, 2.45) is 0 Å². The van der Waals surface area contributed by atoms with Crippen LogP contribution in [0.4, 0.5) is 5.69 Å². The summed E-state index contributed by atoms with van der Waals surface area (Å²) in [6, 6.07) is 11.7. The maximum Gasteiger partial charge on any atom is 0.255 e. The second-order valence-corrected chi connectivity index (χ2v) is 6.69. The van der Waals surface area contributed by atoms with Gasteiger partial charge in [0.25, 0.3) is 5.91 Å². The summed E-state index contributed by atoms with van der Waals surface area (Å²) in [7, 11) is 0. The summed E-state index contributed by atoms with van der Waals surface area (Å²) >= 11 is 1.61. The molecule has 22 heavy (non-hydrogen) atoms. The van der Waals surface area contributed by atoms with Crippen LogP contribution in [-0.4, -0.2) is 10.9 Å². The Morgan fingerprint density at radius 2 is 2.05 bits per heavy atom. The molecule has 0 bridgehead atoms. The molecule has 5 heteroatoms. The number of anilines is 1. The van der Waals surface area contributed by atoms with Gasteiger partial charge >= 0.3 is 0 Å². The fourth-order valence-corrected chi connectivity index (χ4v) is 3.62. The molecule has 4 nitrogen and oxygen atoms in total. The molecule has 0 radical (unpaired) electrons. The first-order chi connectivity index (χ1) is 10.7. The summed E-state index contributed by atoms with van der Waals surface area (Å²) in [5, 5.41) is 7.29. The molecule has 0 unspecified atom stereocenters. The largest absolute Gasteiger partial charge is 0.322 e. The number of benzene rings is 2. The van der Waals surface area contributed by atoms with Crippen LogP contribution in [-0.2, 0) is 13.1 Å². The lowest BCUT2D eigenvalue weighted by Crippen LogP contribution is -2.11. The minimum Gasteiger partial charge on any atom is -0.322 e. The fraction of sp³-hybridized carbons (Fsp3) is 0.176. The molecule has 1 aliphatic rings. The molecule has 2 N–H and O–H groups in total. The molecule has 1 aliphatic heterocycles. The van der Waals surface area contributed by atoms with Gasteiger partial charge in [0.1, 0.15) is 0 Å². The van der Waals surface area contributed by atoms with E-state index in [9.17, 15) is 4.79 Å². The molecule has 110 valence electrons. The summed E-state index contributed by atoms with van der Waals surface area (Å²) in [6.45, 7) is 3.75. The van der Waals surface area contributed by atoms with Gasteiger partial charge < -0.3 is 10.6 Å². The van der Waals surface area contributed by atoms with E-state index in [1.54, 1.807) is 11.3 Å². The lowest BCUT2D eigenvalue weighted by molar-refractivity contribution is 0.102. The van der Waals surface area contributed by atoms with E-state index in [-0.39, 0.29) is 5.91 Å². The first-order valence-electron chi connectivity index (χ1n) is 7.20. The summed E-state index contributed by atoms with van der Waals surface area (Å²) in [6.07, 6.45) is 0. The topological polar surface area (TPSA) is 54.0 Å². The van der Waals surface area contributed by atoms with Crippen LogP contribution in [0, 0.1) is 6.92 Å². The second-order valence-electron chi connectivity index (χ2n) is 5.46. The van der Waals surface area contributed by atoms with Gasteiger partial charge in [0, 0.05) is 24.3 Å². The van der Waals surface area contributed by atoms with Crippen molar-refractivity contribution in [1.29, 1.82) is 0 Å². The average Bonchev–Trinajstić information content (AvgIpc) is 3.10. The predicted octanol–water partition coefficient (Wildman–Crippen LogP) is 3.46. The quantitative estimate of drug-likeness (QED) is 0.762. The first kappa shape index (κ1) is 13.4. The SMILES string of the molecule is Cc1nc2ccc(C(=O)Nc3ccc4c(c3)CNC4)cc2s1. The molecule has 0 aliphatic carbocycles. The summed E-state index contributed by atoms with van der Waals surface area (Å²) in [5.41, 5.74) is 5.01. The van der Waals surface area contributed by atoms with E-state index in [2.05, 4.69) is 21.7 Å². The molecule has 0 saturated carbocycles. The zero-order valence-corrected chi connectivity index (χ0v) is 13.0. The van der Waals surface area contributed by atoms with E-state index in [1.165, 1.54) is 11.1 Å². The zero-order valence-electron chi connectivity index (χ0n) is 12.1. The van der Waals surface area contributed by atoms with Gasteiger partial charge in [-0.2, -0.15) is 0 Å². The standard InChI is InChI=1S/C17H15N3OS/c1-10-19-15-5-3-11(7-16(15)22-10)17(21)20-14-4-2-12-8-18-9-13(12)6-14/h2-7,18H,8-9H2,1H3,(H,20,21). The predicted molar refractivity (Wildman–Crippen MR) is 89.3 cm³/mol. The molecule has 0 spiro atoms. The Bertz CT molecular complexity index is 885. The summed E-state index contributed by atoms with van der Waals surface area (Å²) in [5.74, 6) is -0.0844. The minimum absolute atomic E-state index is 0.0844. The molecular weight excluding hydrogens is 294 g/mol. The Morgan fingerprint density at radius 3 is 2.95 bits per heavy atom. The van der Waals surface area contributed by atoms with Crippen LogP contribution < -0.4 is 10.6 Å². The molecule has 0 fully saturated rings. The van der Waals surface area contributed by atoms with Crippen LogP contribution in [0.5, 0.6) is 0 Å². The molecule has 4 rings (SSSR count). The Kier molecular flexibility index (Phi) is 3.17. The van der Waals surface area contributed by atoms with Crippen LogP contribution in [0.15, 0.2) is 36.4 Å². The molecule has 1 aromatic heterocycles. The van der Waals surface area contributed by atoms with E-state index in [4.69, 9.17) is 0 Å². The van der Waals surface area contributed by atoms with Crippen molar-refractivity contribution in [3.8, 4) is 0 Å². The van der Waals surface area contributed by atoms with Gasteiger partial charge in [0.05, 0.1) is 15.2 Å². The molecular formula is C17H15N3OS. The monoisotopic (exact) mass is 309 g/mol. The number of rotatable bonds is 2. The van der Waals surface area contributed by atoms with Crippen LogP contribution in [0.2, 0.25) is 0 Å². The van der Waals surface area contributed by atoms with Gasteiger partial charge in [-0.3, -0.25) is 4.79 Å². The fourth-order valence-electron chi connectivity index (χ4n) is 2.76. The highest BCUT2D eigenvalue weighted by atomic mass is 32.1. The maximum absolute atomic E-state index is 12.4. The van der Waals surface area contributed by atoms with Crippen LogP contribution >= 0.6 is 11.3 Å². The average molecular weight is 309 g/mol. The molecule has 0 atom stereocenters. The van der Waals surface area contributed by atoms with Crippen molar-refractivity contribution in [3.63, 3.8) is 0 Å². The third kappa shape index (κ3) is 2.38. The number of aromatic nitrogens is 1. The van der Waals surface area contributed by atoms with Crippen molar-refractivity contribution in [1.82, 2.24) is 10.3 Å². The van der Waals surface area contributed by atoms with Gasteiger partial charge in [0.15, 0.2) is 0 Å². The third-order valence-corrected chi connectivity index (χ3v) is 4.79. The highest BCUT2D eigenvalue weighted by Crippen LogP contribution is 2.24. The normalized spacial score (nSPS) is 13.3. The molecule has 1 amide bonds. The highest BCUT2D eigenvalue weighted by Gasteiger charge is 2.13. The number of thiazole rings is 1. The van der Waals surface area contributed by atoms with Crippen LogP contribution in [0.1, 0.15) is 26.5 Å². The maximum atomic E-state index is 12.4. The van der Waals surface area contributed by atoms with Crippen LogP contribution in [0.3, 0.4) is 0 Å². The van der Waals surface area contributed by atoms with E-state index in [0.29, 0.717) is 5.56 Å². The third-order valence-electron chi connectivity index (χ3n) is 3.85. The van der Waals surface area contributed by atoms with E-state index < -0.39 is 0 Å². The van der Waals surface area contributed by atoms with Crippen molar-refractivity contribution in [2.75, 3.05) is 5.32 Å². The lowest BCUT2D eigenvalue weighted by atomic mass is 10.1. The Morgan fingerprint density at radius 1 is 1.18 bits per heavy atom. The number of fused-ring (bicyclic) bond motifs is 2. The van der Waals surface area contributed by atoms with E-state index in [1.807, 2.05) is 37.3 Å². The molecule has 0 saturated heterocycles. The number of hydrogen-bond acceptors (Lipinski definition) is 4. The highest BCUT2D eigenvalue weighted by molar-refractivity contribution is 7.18. The Hall–Kier alpha value is -2.24. The van der Waals surface area contributed by atoms with Gasteiger partial charge in [0.2, 0.25) is 0 Å². The minimum atomic E-state index is -0.0844. The Balaban J connectivity index is 1.60.